The van der Waals surface area contributed by atoms with Gasteiger partial charge in [0.15, 0.2) is 0 Å². The highest BCUT2D eigenvalue weighted by atomic mass is 35.5. The maximum Gasteiger partial charge on any atom is 0.289 e. The molecule has 1 saturated heterocycles. The van der Waals surface area contributed by atoms with E-state index in [1.165, 1.54) is 6.07 Å². The molecule has 1 fully saturated rings. The first kappa shape index (κ1) is 21.7. The fraction of sp³-hybridized carbons (Fsp3) is 0.0870. The molecule has 0 bridgehead atoms. The first-order valence-electron chi connectivity index (χ1n) is 9.67. The van der Waals surface area contributed by atoms with E-state index >= 15 is 0 Å². The average molecular weight is 469 g/mol. The van der Waals surface area contributed by atoms with Crippen molar-refractivity contribution in [3.63, 3.8) is 0 Å². The topological polar surface area (TPSA) is 94.5 Å². The first-order valence-corrected chi connectivity index (χ1v) is 10.4. The molecule has 0 saturated carbocycles. The number of hydrogen-bond acceptors (Lipinski definition) is 4. The molecule has 0 radical (unpaired) electrons. The Balaban J connectivity index is 1.50. The van der Waals surface area contributed by atoms with Gasteiger partial charge in [-0.25, -0.2) is 0 Å². The Labute approximate surface area is 194 Å². The molecule has 1 aliphatic heterocycles. The summed E-state index contributed by atoms with van der Waals surface area (Å²) in [7, 11) is 0. The molecular weight excluding hydrogens is 451 g/mol. The summed E-state index contributed by atoms with van der Waals surface area (Å²) in [4.78, 5) is 27.2. The van der Waals surface area contributed by atoms with E-state index in [2.05, 4.69) is 10.6 Å². The van der Waals surface area contributed by atoms with Gasteiger partial charge in [-0.15, -0.1) is 0 Å². The van der Waals surface area contributed by atoms with Gasteiger partial charge >= 0.3 is 0 Å². The van der Waals surface area contributed by atoms with Crippen molar-refractivity contribution in [2.45, 2.75) is 0 Å². The van der Waals surface area contributed by atoms with E-state index in [9.17, 15) is 9.59 Å². The lowest BCUT2D eigenvalue weighted by atomic mass is 10.1. The molecule has 32 heavy (non-hydrogen) atoms. The van der Waals surface area contributed by atoms with Crippen LogP contribution in [0.4, 0.5) is 17.1 Å². The molecule has 3 N–H and O–H groups in total. The number of rotatable bonds is 5. The predicted molar refractivity (Wildman–Crippen MR) is 126 cm³/mol. The quantitative estimate of drug-likeness (QED) is 0.475. The highest BCUT2D eigenvalue weighted by molar-refractivity contribution is 6.31. The zero-order chi connectivity index (χ0) is 22.7. The molecule has 0 aromatic heterocycles. The normalized spacial score (nSPS) is 12.9. The molecule has 2 amide bonds. The average Bonchev–Trinajstić information content (AvgIpc) is 3.20. The summed E-state index contributed by atoms with van der Waals surface area (Å²) < 4.78 is 5.15. The van der Waals surface area contributed by atoms with E-state index in [4.69, 9.17) is 33.3 Å². The van der Waals surface area contributed by atoms with E-state index in [-0.39, 0.29) is 17.3 Å². The van der Waals surface area contributed by atoms with E-state index in [1.807, 2.05) is 0 Å². The summed E-state index contributed by atoms with van der Waals surface area (Å²) in [6.07, 6.45) is 0. The summed E-state index contributed by atoms with van der Waals surface area (Å²) in [5.74, 6) is -0.796. The number of carbonyl (C=O) groups is 2. The number of halogens is 2. The molecular formula is C23H18Cl2N4O3. The van der Waals surface area contributed by atoms with Crippen LogP contribution < -0.4 is 15.5 Å². The highest BCUT2D eigenvalue weighted by Gasteiger charge is 2.20. The number of anilines is 3. The monoisotopic (exact) mass is 468 g/mol. The van der Waals surface area contributed by atoms with Crippen LogP contribution in [-0.4, -0.2) is 31.0 Å². The third kappa shape index (κ3) is 4.85. The maximum absolute atomic E-state index is 12.9. The minimum atomic E-state index is -0.405. The van der Waals surface area contributed by atoms with Crippen molar-refractivity contribution in [1.82, 2.24) is 0 Å². The molecule has 0 atom stereocenters. The lowest BCUT2D eigenvalue weighted by molar-refractivity contribution is 0.102. The molecule has 0 spiro atoms. The van der Waals surface area contributed by atoms with Gasteiger partial charge in [-0.3, -0.25) is 19.9 Å². The summed E-state index contributed by atoms with van der Waals surface area (Å²) >= 11 is 12.0. The lowest BCUT2D eigenvalue weighted by Crippen LogP contribution is -2.23. The summed E-state index contributed by atoms with van der Waals surface area (Å²) in [6.45, 7) is 1.07. The Morgan fingerprint density at radius 2 is 1.56 bits per heavy atom. The molecule has 4 rings (SSSR count). The van der Waals surface area contributed by atoms with E-state index in [1.54, 1.807) is 65.6 Å². The summed E-state index contributed by atoms with van der Waals surface area (Å²) in [6, 6.07) is 18.2. The maximum atomic E-state index is 12.9. The number of benzene rings is 3. The Morgan fingerprint density at radius 1 is 0.875 bits per heavy atom. The van der Waals surface area contributed by atoms with Crippen molar-refractivity contribution in [2.24, 2.45) is 0 Å². The van der Waals surface area contributed by atoms with Gasteiger partial charge < -0.3 is 15.4 Å². The van der Waals surface area contributed by atoms with Crippen LogP contribution in [0.2, 0.25) is 10.0 Å². The molecule has 3 aromatic rings. The standard InChI is InChI=1S/C23H18Cl2N4O3/c24-15-3-1-14(2-4-15)21(30)28-20-13-16(25)5-10-19(20)22(31)27-17-6-8-18(9-7-17)29-11-12-32-23(29)26/h1-10,13,26H,11-12H2,(H,27,31)(H,28,30). The van der Waals surface area contributed by atoms with Crippen LogP contribution in [0.1, 0.15) is 20.7 Å². The van der Waals surface area contributed by atoms with Crippen LogP contribution in [-0.2, 0) is 4.74 Å². The van der Waals surface area contributed by atoms with Gasteiger partial charge in [-0.2, -0.15) is 0 Å². The van der Waals surface area contributed by atoms with Crippen LogP contribution >= 0.6 is 23.2 Å². The predicted octanol–water partition coefficient (Wildman–Crippen LogP) is 5.27. The summed E-state index contributed by atoms with van der Waals surface area (Å²) in [5, 5.41) is 14.2. The number of hydrogen-bond donors (Lipinski definition) is 3. The summed E-state index contributed by atoms with van der Waals surface area (Å²) in [5.41, 5.74) is 2.31. The van der Waals surface area contributed by atoms with Crippen LogP contribution in [0.25, 0.3) is 0 Å². The van der Waals surface area contributed by atoms with E-state index in [0.717, 1.165) is 5.69 Å². The number of nitrogens with one attached hydrogen (secondary N) is 3. The molecule has 3 aromatic carbocycles. The van der Waals surface area contributed by atoms with Gasteiger partial charge in [0, 0.05) is 27.0 Å². The van der Waals surface area contributed by atoms with Crippen molar-refractivity contribution < 1.29 is 14.3 Å². The van der Waals surface area contributed by atoms with E-state index in [0.29, 0.717) is 34.4 Å². The largest absolute Gasteiger partial charge is 0.463 e. The van der Waals surface area contributed by atoms with Crippen molar-refractivity contribution in [2.75, 3.05) is 28.7 Å². The van der Waals surface area contributed by atoms with Crippen LogP contribution in [0, 0.1) is 5.41 Å². The number of ether oxygens (including phenoxy) is 1. The Bertz CT molecular complexity index is 1180. The third-order valence-corrected chi connectivity index (χ3v) is 5.30. The van der Waals surface area contributed by atoms with Crippen LogP contribution in [0.15, 0.2) is 66.7 Å². The van der Waals surface area contributed by atoms with Gasteiger partial charge in [0.2, 0.25) is 0 Å². The second-order valence-electron chi connectivity index (χ2n) is 6.96. The molecule has 9 heteroatoms. The Morgan fingerprint density at radius 3 is 2.22 bits per heavy atom. The minimum absolute atomic E-state index is 0.101. The minimum Gasteiger partial charge on any atom is -0.463 e. The number of nitrogens with zero attached hydrogens (tertiary/aromatic N) is 1. The highest BCUT2D eigenvalue weighted by Crippen LogP contribution is 2.25. The number of amidine groups is 1. The van der Waals surface area contributed by atoms with Crippen LogP contribution in [0.3, 0.4) is 0 Å². The van der Waals surface area contributed by atoms with E-state index < -0.39 is 11.8 Å². The third-order valence-electron chi connectivity index (χ3n) is 4.82. The first-order chi connectivity index (χ1) is 15.4. The fourth-order valence-corrected chi connectivity index (χ4v) is 3.49. The van der Waals surface area contributed by atoms with Gasteiger partial charge in [0.1, 0.15) is 6.61 Å². The van der Waals surface area contributed by atoms with Gasteiger partial charge in [0.05, 0.1) is 17.8 Å². The number of amides is 2. The molecule has 1 aliphatic rings. The van der Waals surface area contributed by atoms with Gasteiger partial charge in [0.25, 0.3) is 17.8 Å². The second kappa shape index (κ2) is 9.30. The number of carbonyl (C=O) groups excluding carboxylic acids is 2. The zero-order valence-electron chi connectivity index (χ0n) is 16.7. The smallest absolute Gasteiger partial charge is 0.289 e. The molecule has 7 nitrogen and oxygen atoms in total. The Hall–Kier alpha value is -3.55. The van der Waals surface area contributed by atoms with Crippen molar-refractivity contribution in [3.05, 3.63) is 87.9 Å². The molecule has 162 valence electrons. The Kier molecular flexibility index (Phi) is 6.30. The van der Waals surface area contributed by atoms with Gasteiger partial charge in [-0.1, -0.05) is 23.2 Å². The van der Waals surface area contributed by atoms with Crippen molar-refractivity contribution in [3.8, 4) is 0 Å². The zero-order valence-corrected chi connectivity index (χ0v) is 18.2. The van der Waals surface area contributed by atoms with Gasteiger partial charge in [-0.05, 0) is 66.7 Å². The SMILES string of the molecule is N=C1OCCN1c1ccc(NC(=O)c2ccc(Cl)cc2NC(=O)c2ccc(Cl)cc2)cc1. The molecule has 1 heterocycles. The van der Waals surface area contributed by atoms with Crippen molar-refractivity contribution in [1.29, 1.82) is 5.41 Å². The lowest BCUT2D eigenvalue weighted by Gasteiger charge is -2.16. The fourth-order valence-electron chi connectivity index (χ4n) is 3.20. The van der Waals surface area contributed by atoms with Crippen molar-refractivity contribution >= 4 is 58.1 Å². The molecule has 0 unspecified atom stereocenters. The molecule has 0 aliphatic carbocycles. The van der Waals surface area contributed by atoms with Crippen LogP contribution in [0.5, 0.6) is 0 Å². The second-order valence-corrected chi connectivity index (χ2v) is 7.83.